The summed E-state index contributed by atoms with van der Waals surface area (Å²) in [6.45, 7) is 3.74. The largest absolute Gasteiger partial charge is 0.312 e. The second kappa shape index (κ2) is 4.97. The van der Waals surface area contributed by atoms with Crippen LogP contribution in [0.5, 0.6) is 0 Å². The summed E-state index contributed by atoms with van der Waals surface area (Å²) in [5.74, 6) is 0. The fourth-order valence-corrected chi connectivity index (χ4v) is 2.57. The molecular weight excluding hydrogens is 222 g/mol. The van der Waals surface area contributed by atoms with Crippen molar-refractivity contribution >= 4 is 9.84 Å². The molecule has 1 aromatic rings. The molecule has 0 aromatic heterocycles. The van der Waals surface area contributed by atoms with Gasteiger partial charge in [0.2, 0.25) is 0 Å². The summed E-state index contributed by atoms with van der Waals surface area (Å²) in [5, 5.41) is 2.64. The summed E-state index contributed by atoms with van der Waals surface area (Å²) < 4.78 is 23.1. The molecule has 4 heteroatoms. The summed E-state index contributed by atoms with van der Waals surface area (Å²) in [6, 6.07) is 7.76. The van der Waals surface area contributed by atoms with Crippen LogP contribution in [0.25, 0.3) is 0 Å². The van der Waals surface area contributed by atoms with E-state index in [9.17, 15) is 8.42 Å². The van der Waals surface area contributed by atoms with Gasteiger partial charge in [-0.3, -0.25) is 0 Å². The number of rotatable bonds is 4. The molecule has 2 atom stereocenters. The maximum absolute atomic E-state index is 11.5. The van der Waals surface area contributed by atoms with Gasteiger partial charge >= 0.3 is 0 Å². The van der Waals surface area contributed by atoms with Gasteiger partial charge in [-0.05, 0) is 26.5 Å². The highest BCUT2D eigenvalue weighted by Gasteiger charge is 2.25. The number of nitrogens with one attached hydrogen (secondary N) is 1. The Morgan fingerprint density at radius 1 is 1.31 bits per heavy atom. The Morgan fingerprint density at radius 3 is 2.38 bits per heavy atom. The molecule has 0 saturated carbocycles. The van der Waals surface area contributed by atoms with E-state index in [1.807, 2.05) is 31.2 Å². The first kappa shape index (κ1) is 13.2. The van der Waals surface area contributed by atoms with Gasteiger partial charge < -0.3 is 5.32 Å². The van der Waals surface area contributed by atoms with Crippen LogP contribution in [0.2, 0.25) is 0 Å². The van der Waals surface area contributed by atoms with Crippen LogP contribution < -0.4 is 5.32 Å². The average molecular weight is 241 g/mol. The van der Waals surface area contributed by atoms with Crippen LogP contribution >= 0.6 is 0 Å². The van der Waals surface area contributed by atoms with Gasteiger partial charge in [-0.2, -0.15) is 0 Å². The zero-order chi connectivity index (χ0) is 12.3. The lowest BCUT2D eigenvalue weighted by atomic mass is 10.0. The van der Waals surface area contributed by atoms with Crippen LogP contribution in [0.15, 0.2) is 24.3 Å². The minimum atomic E-state index is -3.04. The summed E-state index contributed by atoms with van der Waals surface area (Å²) >= 11 is 0. The van der Waals surface area contributed by atoms with E-state index < -0.39 is 15.1 Å². The number of aryl methyl sites for hydroxylation is 1. The SMILES string of the molecule is CNC(c1cccc(C)c1)C(C)S(C)(=O)=O. The first-order valence-corrected chi connectivity index (χ1v) is 7.24. The van der Waals surface area contributed by atoms with E-state index in [-0.39, 0.29) is 6.04 Å². The van der Waals surface area contributed by atoms with Crippen molar-refractivity contribution in [2.45, 2.75) is 25.1 Å². The second-order valence-corrected chi connectivity index (χ2v) is 6.62. The van der Waals surface area contributed by atoms with Crippen molar-refractivity contribution in [2.75, 3.05) is 13.3 Å². The molecule has 1 rings (SSSR count). The number of sulfone groups is 1. The minimum Gasteiger partial charge on any atom is -0.312 e. The Labute approximate surface area is 97.8 Å². The Balaban J connectivity index is 3.08. The van der Waals surface area contributed by atoms with Crippen molar-refractivity contribution in [2.24, 2.45) is 0 Å². The van der Waals surface area contributed by atoms with Gasteiger partial charge in [-0.25, -0.2) is 8.42 Å². The van der Waals surface area contributed by atoms with Crippen molar-refractivity contribution in [1.29, 1.82) is 0 Å². The molecule has 2 unspecified atom stereocenters. The highest BCUT2D eigenvalue weighted by Crippen LogP contribution is 2.22. The number of hydrogen-bond acceptors (Lipinski definition) is 3. The van der Waals surface area contributed by atoms with Crippen LogP contribution in [0.1, 0.15) is 24.1 Å². The first-order chi connectivity index (χ1) is 7.36. The third-order valence-electron chi connectivity index (χ3n) is 2.86. The van der Waals surface area contributed by atoms with Crippen molar-refractivity contribution in [3.63, 3.8) is 0 Å². The van der Waals surface area contributed by atoms with E-state index >= 15 is 0 Å². The molecular formula is C12H19NO2S. The highest BCUT2D eigenvalue weighted by atomic mass is 32.2. The number of hydrogen-bond donors (Lipinski definition) is 1. The predicted octanol–water partition coefficient (Wildman–Crippen LogP) is 1.69. The van der Waals surface area contributed by atoms with Gasteiger partial charge in [0.15, 0.2) is 9.84 Å². The normalized spacial score (nSPS) is 15.8. The zero-order valence-electron chi connectivity index (χ0n) is 10.2. The molecule has 0 bridgehead atoms. The molecule has 3 nitrogen and oxygen atoms in total. The van der Waals surface area contributed by atoms with E-state index in [1.54, 1.807) is 14.0 Å². The molecule has 1 aromatic carbocycles. The quantitative estimate of drug-likeness (QED) is 0.872. The molecule has 0 radical (unpaired) electrons. The third-order valence-corrected chi connectivity index (χ3v) is 4.48. The molecule has 0 spiro atoms. The molecule has 0 heterocycles. The van der Waals surface area contributed by atoms with Crippen molar-refractivity contribution < 1.29 is 8.42 Å². The molecule has 0 amide bonds. The summed E-state index contributed by atoms with van der Waals surface area (Å²) in [6.07, 6.45) is 1.28. The first-order valence-electron chi connectivity index (χ1n) is 5.29. The van der Waals surface area contributed by atoms with Gasteiger partial charge in [0.25, 0.3) is 0 Å². The lowest BCUT2D eigenvalue weighted by Crippen LogP contribution is -2.32. The maximum Gasteiger partial charge on any atom is 0.151 e. The fraction of sp³-hybridized carbons (Fsp3) is 0.500. The van der Waals surface area contributed by atoms with Crippen LogP contribution in [0.4, 0.5) is 0 Å². The molecule has 0 fully saturated rings. The predicted molar refractivity (Wildman–Crippen MR) is 67.3 cm³/mol. The Kier molecular flexibility index (Phi) is 4.10. The van der Waals surface area contributed by atoms with E-state index in [1.165, 1.54) is 6.26 Å². The molecule has 1 N–H and O–H groups in total. The van der Waals surface area contributed by atoms with Crippen LogP contribution in [-0.2, 0) is 9.84 Å². The molecule has 16 heavy (non-hydrogen) atoms. The topological polar surface area (TPSA) is 46.2 Å². The summed E-state index contributed by atoms with van der Waals surface area (Å²) in [7, 11) is -1.25. The summed E-state index contributed by atoms with van der Waals surface area (Å²) in [5.41, 5.74) is 2.15. The van der Waals surface area contributed by atoms with E-state index in [2.05, 4.69) is 5.32 Å². The van der Waals surface area contributed by atoms with Gasteiger partial charge in [0, 0.05) is 12.3 Å². The average Bonchev–Trinajstić information content (AvgIpc) is 2.17. The van der Waals surface area contributed by atoms with Gasteiger partial charge in [0.1, 0.15) is 0 Å². The van der Waals surface area contributed by atoms with Gasteiger partial charge in [0.05, 0.1) is 5.25 Å². The monoisotopic (exact) mass is 241 g/mol. The maximum atomic E-state index is 11.5. The molecule has 90 valence electrons. The smallest absolute Gasteiger partial charge is 0.151 e. The van der Waals surface area contributed by atoms with Crippen molar-refractivity contribution in [3.8, 4) is 0 Å². The van der Waals surface area contributed by atoms with Crippen molar-refractivity contribution in [1.82, 2.24) is 5.32 Å². The number of benzene rings is 1. The molecule has 0 saturated heterocycles. The fourth-order valence-electron chi connectivity index (χ4n) is 1.78. The lowest BCUT2D eigenvalue weighted by molar-refractivity contribution is 0.535. The highest BCUT2D eigenvalue weighted by molar-refractivity contribution is 7.91. The van der Waals surface area contributed by atoms with Crippen molar-refractivity contribution in [3.05, 3.63) is 35.4 Å². The van der Waals surface area contributed by atoms with Gasteiger partial charge in [-0.15, -0.1) is 0 Å². The minimum absolute atomic E-state index is 0.158. The van der Waals surface area contributed by atoms with E-state index in [0.717, 1.165) is 11.1 Å². The second-order valence-electron chi connectivity index (χ2n) is 4.22. The Morgan fingerprint density at radius 2 is 1.94 bits per heavy atom. The lowest BCUT2D eigenvalue weighted by Gasteiger charge is -2.22. The molecule has 0 aliphatic heterocycles. The molecule has 0 aliphatic carbocycles. The van der Waals surface area contributed by atoms with Gasteiger partial charge in [-0.1, -0.05) is 29.8 Å². The Bertz CT molecular complexity index is 454. The third kappa shape index (κ3) is 3.06. The standard InChI is InChI=1S/C12H19NO2S/c1-9-6-5-7-11(8-9)12(13-3)10(2)16(4,14)15/h5-8,10,12-13H,1-4H3. The van der Waals surface area contributed by atoms with Crippen LogP contribution in [-0.4, -0.2) is 27.0 Å². The zero-order valence-corrected chi connectivity index (χ0v) is 11.0. The molecule has 0 aliphatic rings. The van der Waals surface area contributed by atoms with Crippen LogP contribution in [0, 0.1) is 6.92 Å². The summed E-state index contributed by atoms with van der Waals surface area (Å²) in [4.78, 5) is 0. The Hall–Kier alpha value is -0.870. The van der Waals surface area contributed by atoms with Crippen LogP contribution in [0.3, 0.4) is 0 Å². The van der Waals surface area contributed by atoms with E-state index in [4.69, 9.17) is 0 Å². The van der Waals surface area contributed by atoms with E-state index in [0.29, 0.717) is 0 Å².